The van der Waals surface area contributed by atoms with Crippen LogP contribution < -0.4 is 15.4 Å². The first-order valence-electron chi connectivity index (χ1n) is 12.2. The monoisotopic (exact) mass is 522 g/mol. The molecular weight excluding hydrogens is 492 g/mol. The maximum Gasteiger partial charge on any atom is 0.349 e. The number of nitrogens with zero attached hydrogens (tertiary/aromatic N) is 1. The Morgan fingerprint density at radius 1 is 1.08 bits per heavy atom. The number of hydrogen-bond acceptors (Lipinski definition) is 5. The topological polar surface area (TPSA) is 130 Å². The van der Waals surface area contributed by atoms with Gasteiger partial charge < -0.3 is 20.7 Å². The minimum absolute atomic E-state index is 0.0383. The van der Waals surface area contributed by atoms with Gasteiger partial charge in [0.05, 0.1) is 0 Å². The molecule has 2 unspecified atom stereocenters. The molecule has 1 aliphatic carbocycles. The highest BCUT2D eigenvalue weighted by molar-refractivity contribution is 7.18. The van der Waals surface area contributed by atoms with Gasteiger partial charge in [0.25, 0.3) is 0 Å². The maximum atomic E-state index is 12.7. The van der Waals surface area contributed by atoms with E-state index in [-0.39, 0.29) is 16.7 Å². The number of hydrogen-bond donors (Lipinski definition) is 3. The summed E-state index contributed by atoms with van der Waals surface area (Å²) in [5.74, 6) is -1.90. The molecule has 2 aromatic carbocycles. The molecule has 3 aromatic rings. The van der Waals surface area contributed by atoms with Crippen molar-refractivity contribution in [2.24, 2.45) is 11.7 Å². The van der Waals surface area contributed by atoms with E-state index >= 15 is 0 Å². The fraction of sp³-hybridized carbons (Fsp3) is 0.321. The molecule has 37 heavy (non-hydrogen) atoms. The third-order valence-electron chi connectivity index (χ3n) is 6.74. The van der Waals surface area contributed by atoms with E-state index in [1.807, 2.05) is 42.5 Å². The van der Waals surface area contributed by atoms with Gasteiger partial charge in [-0.25, -0.2) is 14.4 Å². The number of aromatic carboxylic acids is 1. The van der Waals surface area contributed by atoms with Gasteiger partial charge in [-0.3, -0.25) is 4.90 Å². The van der Waals surface area contributed by atoms with Crippen LogP contribution in [-0.4, -0.2) is 40.8 Å². The van der Waals surface area contributed by atoms with Crippen LogP contribution in [-0.2, 0) is 11.2 Å². The average molecular weight is 523 g/mol. The van der Waals surface area contributed by atoms with Gasteiger partial charge in [0.15, 0.2) is 11.5 Å². The summed E-state index contributed by atoms with van der Waals surface area (Å²) in [7, 11) is 0. The van der Waals surface area contributed by atoms with Crippen LogP contribution in [0.3, 0.4) is 0 Å². The Labute approximate surface area is 219 Å². The summed E-state index contributed by atoms with van der Waals surface area (Å²) in [6.07, 6.45) is 4.75. The zero-order valence-corrected chi connectivity index (χ0v) is 21.4. The first-order valence-corrected chi connectivity index (χ1v) is 13.0. The van der Waals surface area contributed by atoms with Gasteiger partial charge in [0.1, 0.15) is 5.75 Å². The molecule has 0 radical (unpaired) electrons. The molecule has 1 heterocycles. The number of carbonyl (C=O) groups excluding carboxylic acids is 1. The average Bonchev–Trinajstić information content (AvgIpc) is 3.20. The van der Waals surface area contributed by atoms with Gasteiger partial charge in [0, 0.05) is 22.2 Å². The summed E-state index contributed by atoms with van der Waals surface area (Å²) in [6, 6.07) is 17.1. The lowest BCUT2D eigenvalue weighted by atomic mass is 9.81. The number of benzene rings is 2. The van der Waals surface area contributed by atoms with Crippen LogP contribution in [0, 0.1) is 12.8 Å². The molecule has 1 aromatic heterocycles. The second-order valence-corrected chi connectivity index (χ2v) is 10.4. The molecule has 0 saturated heterocycles. The van der Waals surface area contributed by atoms with Crippen molar-refractivity contribution in [3.63, 3.8) is 0 Å². The normalized spacial score (nSPS) is 17.2. The predicted octanol–water partition coefficient (Wildman–Crippen LogP) is 5.57. The van der Waals surface area contributed by atoms with E-state index in [1.54, 1.807) is 11.8 Å². The van der Waals surface area contributed by atoms with Crippen LogP contribution >= 0.6 is 11.3 Å². The Kier molecular flexibility index (Phi) is 8.13. The van der Waals surface area contributed by atoms with Gasteiger partial charge in [0.2, 0.25) is 0 Å². The number of carboxylic acid groups (broad SMARTS) is 2. The Morgan fingerprint density at radius 3 is 2.51 bits per heavy atom. The lowest BCUT2D eigenvalue weighted by Gasteiger charge is -2.37. The van der Waals surface area contributed by atoms with Crippen LogP contribution in [0.4, 0.5) is 10.5 Å². The standard InChI is InChI=1S/C28H30N2O6S/c1-17-24(36-16-23(31)32)26(27(33)34)37-25(17)20-10-6-12-22(15-20)30(28(29)35)21-11-5-9-19(14-21)13-18-7-3-2-4-8-18/h2-4,6-8,10,12,15,19,21H,5,9,11,13-14,16H2,1H3,(H2,29,35)(H,31,32)(H,33,34). The molecule has 1 fully saturated rings. The molecule has 194 valence electrons. The fourth-order valence-electron chi connectivity index (χ4n) is 5.17. The van der Waals surface area contributed by atoms with Crippen molar-refractivity contribution in [1.82, 2.24) is 0 Å². The number of aliphatic carboxylic acids is 1. The van der Waals surface area contributed by atoms with Crippen LogP contribution in [0.2, 0.25) is 0 Å². The van der Waals surface area contributed by atoms with Crippen molar-refractivity contribution in [2.45, 2.75) is 45.1 Å². The number of carboxylic acids is 2. The van der Waals surface area contributed by atoms with E-state index in [4.69, 9.17) is 15.6 Å². The van der Waals surface area contributed by atoms with E-state index in [1.165, 1.54) is 5.56 Å². The van der Waals surface area contributed by atoms with Crippen molar-refractivity contribution >= 4 is 35.0 Å². The van der Waals surface area contributed by atoms with E-state index in [0.717, 1.165) is 43.4 Å². The highest BCUT2D eigenvalue weighted by Crippen LogP contribution is 2.43. The first kappa shape index (κ1) is 26.2. The third kappa shape index (κ3) is 6.11. The van der Waals surface area contributed by atoms with E-state index < -0.39 is 24.6 Å². The summed E-state index contributed by atoms with van der Waals surface area (Å²) in [4.78, 5) is 37.7. The number of ether oxygens (including phenoxy) is 1. The zero-order valence-electron chi connectivity index (χ0n) is 20.6. The van der Waals surface area contributed by atoms with Crippen molar-refractivity contribution < 1.29 is 29.3 Å². The number of nitrogens with two attached hydrogens (primary N) is 1. The lowest BCUT2D eigenvalue weighted by molar-refractivity contribution is -0.139. The predicted molar refractivity (Wildman–Crippen MR) is 143 cm³/mol. The number of amides is 2. The number of anilines is 1. The quantitative estimate of drug-likeness (QED) is 0.337. The highest BCUT2D eigenvalue weighted by Gasteiger charge is 2.30. The largest absolute Gasteiger partial charge is 0.480 e. The third-order valence-corrected chi connectivity index (χ3v) is 8.05. The Hall–Kier alpha value is -3.85. The smallest absolute Gasteiger partial charge is 0.349 e. The summed E-state index contributed by atoms with van der Waals surface area (Å²) in [6.45, 7) is 1.06. The maximum absolute atomic E-state index is 12.7. The van der Waals surface area contributed by atoms with Gasteiger partial charge in [-0.15, -0.1) is 11.3 Å². The van der Waals surface area contributed by atoms with Gasteiger partial charge >= 0.3 is 18.0 Å². The van der Waals surface area contributed by atoms with Gasteiger partial charge in [-0.05, 0) is 61.8 Å². The molecule has 2 atom stereocenters. The second-order valence-electron chi connectivity index (χ2n) is 9.34. The molecule has 9 heteroatoms. The zero-order chi connectivity index (χ0) is 26.5. The van der Waals surface area contributed by atoms with Crippen molar-refractivity contribution in [2.75, 3.05) is 11.5 Å². The molecule has 0 spiro atoms. The second kappa shape index (κ2) is 11.5. The first-order chi connectivity index (χ1) is 17.7. The minimum atomic E-state index is -1.19. The summed E-state index contributed by atoms with van der Waals surface area (Å²) in [5.41, 5.74) is 9.05. The highest BCUT2D eigenvalue weighted by atomic mass is 32.1. The van der Waals surface area contributed by atoms with Crippen LogP contribution in [0.5, 0.6) is 5.75 Å². The molecule has 1 saturated carbocycles. The molecular formula is C28H30N2O6S. The number of primary amides is 1. The van der Waals surface area contributed by atoms with Gasteiger partial charge in [-0.2, -0.15) is 0 Å². The molecule has 1 aliphatic rings. The summed E-state index contributed by atoms with van der Waals surface area (Å²) < 4.78 is 5.31. The van der Waals surface area contributed by atoms with Crippen molar-refractivity contribution in [1.29, 1.82) is 0 Å². The molecule has 8 nitrogen and oxygen atoms in total. The number of urea groups is 1. The lowest BCUT2D eigenvalue weighted by Crippen LogP contribution is -2.46. The Bertz CT molecular complexity index is 1290. The van der Waals surface area contributed by atoms with E-state index in [2.05, 4.69) is 12.1 Å². The van der Waals surface area contributed by atoms with Gasteiger partial charge in [-0.1, -0.05) is 48.9 Å². The molecule has 0 bridgehead atoms. The summed E-state index contributed by atoms with van der Waals surface area (Å²) in [5, 5.41) is 18.6. The Balaban J connectivity index is 1.62. The fourth-order valence-corrected chi connectivity index (χ4v) is 6.25. The van der Waals surface area contributed by atoms with Crippen molar-refractivity contribution in [3.8, 4) is 16.2 Å². The number of thiophene rings is 1. The molecule has 4 N–H and O–H groups in total. The molecule has 4 rings (SSSR count). The number of rotatable bonds is 9. The van der Waals surface area contributed by atoms with Crippen LogP contribution in [0.25, 0.3) is 10.4 Å². The molecule has 0 aliphatic heterocycles. The summed E-state index contributed by atoms with van der Waals surface area (Å²) >= 11 is 1.01. The number of carbonyl (C=O) groups is 3. The SMILES string of the molecule is Cc1c(-c2cccc(N(C(N)=O)C3CCCC(Cc4ccccc4)C3)c2)sc(C(=O)O)c1OCC(=O)O. The van der Waals surface area contributed by atoms with Crippen LogP contribution in [0.15, 0.2) is 54.6 Å². The molecule has 2 amide bonds. The van der Waals surface area contributed by atoms with E-state index in [0.29, 0.717) is 27.6 Å². The van der Waals surface area contributed by atoms with Crippen molar-refractivity contribution in [3.05, 3.63) is 70.6 Å². The van der Waals surface area contributed by atoms with Crippen LogP contribution in [0.1, 0.15) is 46.5 Å². The van der Waals surface area contributed by atoms with E-state index in [9.17, 15) is 19.5 Å². The Morgan fingerprint density at radius 2 is 1.84 bits per heavy atom. The minimum Gasteiger partial charge on any atom is -0.480 e.